The van der Waals surface area contributed by atoms with Gasteiger partial charge in [0.2, 0.25) is 11.1 Å². The van der Waals surface area contributed by atoms with Crippen LogP contribution in [-0.2, 0) is 4.79 Å². The van der Waals surface area contributed by atoms with Gasteiger partial charge in [0, 0.05) is 24.5 Å². The van der Waals surface area contributed by atoms with E-state index in [-0.39, 0.29) is 17.7 Å². The molecule has 0 spiro atoms. The fourth-order valence-corrected chi connectivity index (χ4v) is 3.44. The molecule has 1 aliphatic carbocycles. The van der Waals surface area contributed by atoms with Gasteiger partial charge in [-0.2, -0.15) is 4.98 Å². The quantitative estimate of drug-likeness (QED) is 0.832. The number of aromatic amines is 1. The summed E-state index contributed by atoms with van der Waals surface area (Å²) in [4.78, 5) is 20.0. The van der Waals surface area contributed by atoms with Crippen molar-refractivity contribution in [2.45, 2.75) is 24.0 Å². The highest BCUT2D eigenvalue weighted by atomic mass is 32.2. The monoisotopic (exact) mass is 301 g/mol. The molecule has 0 unspecified atom stereocenters. The molecule has 0 saturated carbocycles. The molecule has 4 rings (SSSR count). The second kappa shape index (κ2) is 4.77. The van der Waals surface area contributed by atoms with Crippen LogP contribution in [0, 0.1) is 5.92 Å². The van der Waals surface area contributed by atoms with Crippen molar-refractivity contribution in [3.8, 4) is 0 Å². The van der Waals surface area contributed by atoms with Gasteiger partial charge in [0.15, 0.2) is 0 Å². The molecule has 2 aromatic rings. The number of nitrogens with zero attached hydrogens (tertiary/aromatic N) is 3. The third kappa shape index (κ3) is 1.91. The number of allylic oxidation sites excluding steroid dienone is 2. The molecular weight excluding hydrogens is 286 g/mol. The van der Waals surface area contributed by atoms with E-state index in [1.54, 1.807) is 0 Å². The molecule has 3 heterocycles. The molecule has 0 radical (unpaired) electrons. The fraction of sp³-hybridized carbons (Fsp3) is 0.357. The molecule has 0 fully saturated rings. The summed E-state index contributed by atoms with van der Waals surface area (Å²) in [5.41, 5.74) is 2.02. The van der Waals surface area contributed by atoms with E-state index in [4.69, 9.17) is 0 Å². The molecule has 0 bridgehead atoms. The van der Waals surface area contributed by atoms with Crippen molar-refractivity contribution in [1.82, 2.24) is 19.7 Å². The van der Waals surface area contributed by atoms with Gasteiger partial charge >= 0.3 is 0 Å². The normalized spacial score (nSPS) is 24.0. The molecule has 21 heavy (non-hydrogen) atoms. The zero-order chi connectivity index (χ0) is 14.4. The van der Waals surface area contributed by atoms with Crippen molar-refractivity contribution < 1.29 is 4.79 Å². The maximum Gasteiger partial charge on any atom is 0.227 e. The van der Waals surface area contributed by atoms with Crippen molar-refractivity contribution in [3.63, 3.8) is 0 Å². The summed E-state index contributed by atoms with van der Waals surface area (Å²) >= 11 is 1.50. The summed E-state index contributed by atoms with van der Waals surface area (Å²) in [6, 6.07) is 1.87. The zero-order valence-corrected chi connectivity index (χ0v) is 12.4. The van der Waals surface area contributed by atoms with Gasteiger partial charge in [0.25, 0.3) is 0 Å². The number of H-pyrrole nitrogens is 1. The Bertz CT molecular complexity index is 718. The highest BCUT2D eigenvalue weighted by Gasteiger charge is 2.41. The molecule has 0 saturated heterocycles. The molecule has 2 aliphatic rings. The first-order valence-electron chi connectivity index (χ1n) is 6.91. The van der Waals surface area contributed by atoms with Gasteiger partial charge in [0.1, 0.15) is 5.78 Å². The Morgan fingerprint density at radius 3 is 3.14 bits per heavy atom. The molecule has 7 heteroatoms. The largest absolute Gasteiger partial charge is 0.367 e. The van der Waals surface area contributed by atoms with Crippen LogP contribution in [0.2, 0.25) is 0 Å². The van der Waals surface area contributed by atoms with Gasteiger partial charge in [-0.1, -0.05) is 17.8 Å². The van der Waals surface area contributed by atoms with Gasteiger partial charge in [-0.05, 0) is 24.3 Å². The Hall–Kier alpha value is -2.02. The predicted octanol–water partition coefficient (Wildman–Crippen LogP) is 2.21. The Balaban J connectivity index is 1.90. The number of thioether (sulfide) groups is 1. The first-order valence-corrected chi connectivity index (χ1v) is 8.13. The second-order valence-corrected chi connectivity index (χ2v) is 6.00. The minimum Gasteiger partial charge on any atom is -0.367 e. The number of anilines is 1. The van der Waals surface area contributed by atoms with Gasteiger partial charge in [0.05, 0.1) is 12.0 Å². The van der Waals surface area contributed by atoms with E-state index >= 15 is 0 Å². The number of aromatic nitrogens is 4. The number of carbonyl (C=O) groups is 1. The van der Waals surface area contributed by atoms with Crippen LogP contribution in [0.1, 0.15) is 24.4 Å². The number of Topliss-reactive ketones (excluding diaryl/α,β-unsaturated/α-hetero) is 1. The van der Waals surface area contributed by atoms with Crippen LogP contribution in [0.15, 0.2) is 35.4 Å². The first kappa shape index (κ1) is 12.7. The molecule has 0 amide bonds. The van der Waals surface area contributed by atoms with Crippen LogP contribution in [0.4, 0.5) is 5.95 Å². The van der Waals surface area contributed by atoms with Crippen molar-refractivity contribution in [1.29, 1.82) is 0 Å². The van der Waals surface area contributed by atoms with E-state index in [2.05, 4.69) is 26.5 Å². The van der Waals surface area contributed by atoms with Crippen LogP contribution in [0.3, 0.4) is 0 Å². The molecular formula is C14H15N5OS. The van der Waals surface area contributed by atoms with Crippen LogP contribution in [0.5, 0.6) is 0 Å². The summed E-state index contributed by atoms with van der Waals surface area (Å²) in [5.74, 6) is 0.777. The lowest BCUT2D eigenvalue weighted by atomic mass is 9.81. The summed E-state index contributed by atoms with van der Waals surface area (Å²) in [6.07, 6.45) is 9.25. The lowest BCUT2D eigenvalue weighted by Gasteiger charge is -2.35. The smallest absolute Gasteiger partial charge is 0.227 e. The Morgan fingerprint density at radius 2 is 2.38 bits per heavy atom. The van der Waals surface area contributed by atoms with Crippen LogP contribution in [-0.4, -0.2) is 31.8 Å². The number of rotatable bonds is 2. The van der Waals surface area contributed by atoms with Crippen molar-refractivity contribution >= 4 is 23.5 Å². The van der Waals surface area contributed by atoms with Crippen LogP contribution >= 0.6 is 11.8 Å². The maximum absolute atomic E-state index is 12.5. The average molecular weight is 301 g/mol. The third-order valence-corrected chi connectivity index (χ3v) is 4.57. The highest BCUT2D eigenvalue weighted by molar-refractivity contribution is 7.98. The lowest BCUT2D eigenvalue weighted by molar-refractivity contribution is -0.123. The minimum atomic E-state index is -0.196. The average Bonchev–Trinajstić information content (AvgIpc) is 3.14. The molecule has 0 aromatic carbocycles. The number of ketones is 1. The predicted molar refractivity (Wildman–Crippen MR) is 80.2 cm³/mol. The van der Waals surface area contributed by atoms with E-state index in [0.29, 0.717) is 17.5 Å². The van der Waals surface area contributed by atoms with E-state index in [1.807, 2.05) is 29.4 Å². The van der Waals surface area contributed by atoms with E-state index < -0.39 is 0 Å². The van der Waals surface area contributed by atoms with E-state index in [9.17, 15) is 4.79 Å². The Labute approximate surface area is 126 Å². The van der Waals surface area contributed by atoms with Crippen molar-refractivity contribution in [2.75, 3.05) is 11.6 Å². The summed E-state index contributed by atoms with van der Waals surface area (Å²) in [7, 11) is 0. The number of nitrogens with one attached hydrogen (secondary N) is 2. The van der Waals surface area contributed by atoms with Gasteiger partial charge < -0.3 is 10.3 Å². The van der Waals surface area contributed by atoms with Crippen LogP contribution < -0.4 is 5.32 Å². The number of hydrogen-bond donors (Lipinski definition) is 2. The van der Waals surface area contributed by atoms with E-state index in [1.165, 1.54) is 11.8 Å². The highest BCUT2D eigenvalue weighted by Crippen LogP contribution is 2.41. The second-order valence-electron chi connectivity index (χ2n) is 5.22. The topological polar surface area (TPSA) is 75.6 Å². The summed E-state index contributed by atoms with van der Waals surface area (Å²) < 4.78 is 1.85. The van der Waals surface area contributed by atoms with Crippen molar-refractivity contribution in [3.05, 3.63) is 35.8 Å². The van der Waals surface area contributed by atoms with E-state index in [0.717, 1.165) is 17.7 Å². The zero-order valence-electron chi connectivity index (χ0n) is 11.5. The lowest BCUT2D eigenvalue weighted by Crippen LogP contribution is -2.38. The van der Waals surface area contributed by atoms with Gasteiger partial charge in [-0.15, -0.1) is 5.10 Å². The van der Waals surface area contributed by atoms with Crippen molar-refractivity contribution in [2.24, 2.45) is 5.92 Å². The number of hydrogen-bond acceptors (Lipinski definition) is 5. The van der Waals surface area contributed by atoms with Crippen LogP contribution in [0.25, 0.3) is 0 Å². The summed E-state index contributed by atoms with van der Waals surface area (Å²) in [6.45, 7) is 0. The molecule has 1 aliphatic heterocycles. The van der Waals surface area contributed by atoms with Gasteiger partial charge in [-0.25, -0.2) is 4.68 Å². The first-order chi connectivity index (χ1) is 10.3. The SMILES string of the molecule is CSc1nc2n(n1)[C@@H](c1cc[nH]c1)[C@@H]1C(=O)CCC=C1N2. The molecule has 2 aromatic heterocycles. The number of fused-ring (bicyclic) bond motifs is 2. The molecule has 6 nitrogen and oxygen atoms in total. The standard InChI is InChI=1S/C14H15N5OS/c1-21-14-17-13-16-9-3-2-4-10(20)11(9)12(19(13)18-14)8-5-6-15-7-8/h3,5-7,11-12,15H,2,4H2,1H3,(H,16,17,18)/t11-,12-/m0/s1. The fourth-order valence-electron chi connectivity index (χ4n) is 3.09. The number of carbonyl (C=O) groups excluding carboxylic acids is 1. The van der Waals surface area contributed by atoms with Gasteiger partial charge in [-0.3, -0.25) is 4.79 Å². The molecule has 108 valence electrons. The summed E-state index contributed by atoms with van der Waals surface area (Å²) in [5, 5.41) is 8.54. The molecule has 2 atom stereocenters. The molecule has 2 N–H and O–H groups in total. The third-order valence-electron chi connectivity index (χ3n) is 4.03. The Kier molecular flexibility index (Phi) is 2.88. The maximum atomic E-state index is 12.5. The minimum absolute atomic E-state index is 0.125. The Morgan fingerprint density at radius 1 is 1.48 bits per heavy atom.